The van der Waals surface area contributed by atoms with Gasteiger partial charge in [0.05, 0.1) is 29.3 Å². The number of hydrogen-bond donors (Lipinski definition) is 1. The zero-order chi connectivity index (χ0) is 22.5. The van der Waals surface area contributed by atoms with Gasteiger partial charge in [0.1, 0.15) is 12.2 Å². The number of aromatic nitrogens is 6. The van der Waals surface area contributed by atoms with Crippen molar-refractivity contribution >= 4 is 5.91 Å². The highest BCUT2D eigenvalue weighted by atomic mass is 16.1. The average Bonchev–Trinajstić information content (AvgIpc) is 3.28. The fourth-order valence-corrected chi connectivity index (χ4v) is 3.41. The van der Waals surface area contributed by atoms with Crippen molar-refractivity contribution in [3.05, 3.63) is 84.1 Å². The molecule has 0 aliphatic carbocycles. The second kappa shape index (κ2) is 9.47. The highest BCUT2D eigenvalue weighted by Crippen LogP contribution is 2.24. The van der Waals surface area contributed by atoms with Crippen molar-refractivity contribution in [2.24, 2.45) is 0 Å². The van der Waals surface area contributed by atoms with E-state index in [9.17, 15) is 4.79 Å². The van der Waals surface area contributed by atoms with Crippen molar-refractivity contribution in [1.29, 1.82) is 0 Å². The Morgan fingerprint density at radius 3 is 2.69 bits per heavy atom. The molecule has 3 heterocycles. The molecule has 1 atom stereocenters. The Morgan fingerprint density at radius 2 is 1.97 bits per heavy atom. The Balaban J connectivity index is 1.73. The number of rotatable bonds is 7. The Labute approximate surface area is 186 Å². The van der Waals surface area contributed by atoms with Crippen LogP contribution in [-0.4, -0.2) is 35.6 Å². The molecule has 1 N–H and O–H groups in total. The van der Waals surface area contributed by atoms with Gasteiger partial charge in [0.25, 0.3) is 5.91 Å². The standard InChI is InChI=1S/C24H25N7O/c1-4-5-23-28-15-29-31(23)20-11-18(21-7-6-16(2)13-27-21)10-19(12-20)24(32)30-17(3)22-14-25-8-9-26-22/h6-15,17H,4-5H2,1-3H3,(H,30,32). The Bertz CT molecular complexity index is 1200. The fraction of sp³-hybridized carbons (Fsp3) is 0.250. The van der Waals surface area contributed by atoms with Crippen LogP contribution in [0, 0.1) is 6.92 Å². The van der Waals surface area contributed by atoms with Gasteiger partial charge < -0.3 is 5.32 Å². The molecule has 1 amide bonds. The highest BCUT2D eigenvalue weighted by molar-refractivity contribution is 5.96. The van der Waals surface area contributed by atoms with Gasteiger partial charge in [-0.1, -0.05) is 13.0 Å². The lowest BCUT2D eigenvalue weighted by atomic mass is 10.0. The van der Waals surface area contributed by atoms with Crippen LogP contribution in [-0.2, 0) is 6.42 Å². The molecule has 8 nitrogen and oxygen atoms in total. The summed E-state index contributed by atoms with van der Waals surface area (Å²) in [6.07, 6.45) is 9.95. The van der Waals surface area contributed by atoms with E-state index >= 15 is 0 Å². The number of carbonyl (C=O) groups is 1. The van der Waals surface area contributed by atoms with Crippen molar-refractivity contribution in [3.8, 4) is 16.9 Å². The third-order valence-electron chi connectivity index (χ3n) is 5.10. The van der Waals surface area contributed by atoms with Crippen molar-refractivity contribution in [1.82, 2.24) is 35.0 Å². The molecular formula is C24H25N7O. The average molecular weight is 428 g/mol. The first-order valence-electron chi connectivity index (χ1n) is 10.6. The maximum Gasteiger partial charge on any atom is 0.251 e. The Hall–Kier alpha value is -3.94. The number of amides is 1. The van der Waals surface area contributed by atoms with Crippen molar-refractivity contribution < 1.29 is 4.79 Å². The molecule has 0 saturated carbocycles. The number of carbonyl (C=O) groups excluding carboxylic acids is 1. The van der Waals surface area contributed by atoms with Gasteiger partial charge in [-0.05, 0) is 50.1 Å². The van der Waals surface area contributed by atoms with Crippen LogP contribution < -0.4 is 5.32 Å². The number of benzene rings is 1. The predicted octanol–water partition coefficient (Wildman–Crippen LogP) is 3.87. The molecular weight excluding hydrogens is 402 g/mol. The Kier molecular flexibility index (Phi) is 6.30. The summed E-state index contributed by atoms with van der Waals surface area (Å²) in [6, 6.07) is 9.31. The summed E-state index contributed by atoms with van der Waals surface area (Å²) in [5, 5.41) is 7.40. The highest BCUT2D eigenvalue weighted by Gasteiger charge is 2.17. The molecule has 4 aromatic rings. The lowest BCUT2D eigenvalue weighted by molar-refractivity contribution is 0.0939. The lowest BCUT2D eigenvalue weighted by Gasteiger charge is -2.15. The summed E-state index contributed by atoms with van der Waals surface area (Å²) >= 11 is 0. The van der Waals surface area contributed by atoms with E-state index in [2.05, 4.69) is 37.3 Å². The lowest BCUT2D eigenvalue weighted by Crippen LogP contribution is -2.27. The van der Waals surface area contributed by atoms with Crippen LogP contribution >= 0.6 is 0 Å². The topological polar surface area (TPSA) is 98.5 Å². The SMILES string of the molecule is CCCc1ncnn1-c1cc(C(=O)NC(C)c2cnccn2)cc(-c2ccc(C)cn2)c1. The van der Waals surface area contributed by atoms with E-state index < -0.39 is 0 Å². The van der Waals surface area contributed by atoms with Crippen LogP contribution in [0.25, 0.3) is 16.9 Å². The zero-order valence-electron chi connectivity index (χ0n) is 18.4. The normalized spacial score (nSPS) is 11.8. The molecule has 1 aromatic carbocycles. The smallest absolute Gasteiger partial charge is 0.251 e. The summed E-state index contributed by atoms with van der Waals surface area (Å²) < 4.78 is 1.78. The first-order chi connectivity index (χ1) is 15.5. The maximum absolute atomic E-state index is 13.2. The number of nitrogens with zero attached hydrogens (tertiary/aromatic N) is 6. The van der Waals surface area contributed by atoms with Crippen LogP contribution in [0.5, 0.6) is 0 Å². The second-order valence-electron chi connectivity index (χ2n) is 7.65. The minimum absolute atomic E-state index is 0.212. The summed E-state index contributed by atoms with van der Waals surface area (Å²) in [5.74, 6) is 0.635. The first-order valence-corrected chi connectivity index (χ1v) is 10.6. The van der Waals surface area contributed by atoms with Gasteiger partial charge >= 0.3 is 0 Å². The third-order valence-corrected chi connectivity index (χ3v) is 5.10. The minimum Gasteiger partial charge on any atom is -0.344 e. The van der Waals surface area contributed by atoms with Gasteiger partial charge in [0.15, 0.2) is 0 Å². The maximum atomic E-state index is 13.2. The Morgan fingerprint density at radius 1 is 1.09 bits per heavy atom. The first kappa shape index (κ1) is 21.3. The molecule has 8 heteroatoms. The molecule has 162 valence electrons. The van der Waals surface area contributed by atoms with Crippen molar-refractivity contribution in [2.75, 3.05) is 0 Å². The zero-order valence-corrected chi connectivity index (χ0v) is 18.4. The quantitative estimate of drug-likeness (QED) is 0.481. The van der Waals surface area contributed by atoms with E-state index in [1.807, 2.05) is 50.4 Å². The molecule has 4 rings (SSSR count). The van der Waals surface area contributed by atoms with Crippen LogP contribution in [0.1, 0.15) is 53.7 Å². The molecule has 0 aliphatic rings. The van der Waals surface area contributed by atoms with E-state index in [0.717, 1.165) is 41.2 Å². The molecule has 0 radical (unpaired) electrons. The molecule has 0 bridgehead atoms. The minimum atomic E-state index is -0.289. The van der Waals surface area contributed by atoms with Crippen molar-refractivity contribution in [3.63, 3.8) is 0 Å². The van der Waals surface area contributed by atoms with E-state index in [-0.39, 0.29) is 11.9 Å². The van der Waals surface area contributed by atoms with E-state index in [1.54, 1.807) is 23.3 Å². The molecule has 0 aliphatic heterocycles. The van der Waals surface area contributed by atoms with Crippen LogP contribution in [0.3, 0.4) is 0 Å². The molecule has 0 fully saturated rings. The van der Waals surface area contributed by atoms with Crippen LogP contribution in [0.4, 0.5) is 0 Å². The van der Waals surface area contributed by atoms with Gasteiger partial charge in [0.2, 0.25) is 0 Å². The van der Waals surface area contributed by atoms with E-state index in [1.165, 1.54) is 6.33 Å². The van der Waals surface area contributed by atoms with E-state index in [0.29, 0.717) is 11.3 Å². The third kappa shape index (κ3) is 4.69. The molecule has 3 aromatic heterocycles. The largest absolute Gasteiger partial charge is 0.344 e. The summed E-state index contributed by atoms with van der Waals surface area (Å²) in [4.78, 5) is 30.5. The summed E-state index contributed by atoms with van der Waals surface area (Å²) in [5.41, 5.74) is 4.65. The van der Waals surface area contributed by atoms with Gasteiger partial charge in [-0.3, -0.25) is 19.7 Å². The van der Waals surface area contributed by atoms with Gasteiger partial charge in [0, 0.05) is 36.1 Å². The number of pyridine rings is 1. The number of aryl methyl sites for hydroxylation is 2. The fourth-order valence-electron chi connectivity index (χ4n) is 3.41. The summed E-state index contributed by atoms with van der Waals surface area (Å²) in [7, 11) is 0. The molecule has 32 heavy (non-hydrogen) atoms. The van der Waals surface area contributed by atoms with E-state index in [4.69, 9.17) is 0 Å². The van der Waals surface area contributed by atoms with Crippen molar-refractivity contribution in [2.45, 2.75) is 39.7 Å². The molecule has 1 unspecified atom stereocenters. The molecule has 0 saturated heterocycles. The van der Waals surface area contributed by atoms with Crippen LogP contribution in [0.2, 0.25) is 0 Å². The monoisotopic (exact) mass is 427 g/mol. The number of hydrogen-bond acceptors (Lipinski definition) is 6. The second-order valence-corrected chi connectivity index (χ2v) is 7.65. The number of nitrogens with one attached hydrogen (secondary N) is 1. The van der Waals surface area contributed by atoms with Gasteiger partial charge in [-0.25, -0.2) is 9.67 Å². The van der Waals surface area contributed by atoms with Gasteiger partial charge in [-0.15, -0.1) is 0 Å². The summed E-state index contributed by atoms with van der Waals surface area (Å²) in [6.45, 7) is 5.97. The predicted molar refractivity (Wildman–Crippen MR) is 121 cm³/mol. The van der Waals surface area contributed by atoms with Gasteiger partial charge in [-0.2, -0.15) is 5.10 Å². The molecule has 0 spiro atoms. The van der Waals surface area contributed by atoms with Crippen LogP contribution in [0.15, 0.2) is 61.4 Å².